The number of aliphatic hydroxyl groups is 1. The van der Waals surface area contributed by atoms with Gasteiger partial charge < -0.3 is 5.11 Å². The van der Waals surface area contributed by atoms with Crippen molar-refractivity contribution in [2.75, 3.05) is 0 Å². The van der Waals surface area contributed by atoms with Gasteiger partial charge >= 0.3 is 0 Å². The van der Waals surface area contributed by atoms with Crippen molar-refractivity contribution >= 4 is 6.21 Å². The largest absolute Gasteiger partial charge is 0.370 e. The monoisotopic (exact) mass is 163 g/mol. The smallest absolute Gasteiger partial charge is 0.150 e. The molecule has 0 spiro atoms. The molecule has 0 aliphatic heterocycles. The van der Waals surface area contributed by atoms with E-state index in [0.717, 1.165) is 5.56 Å². The Morgan fingerprint density at radius 2 is 1.83 bits per heavy atom. The van der Waals surface area contributed by atoms with Gasteiger partial charge in [0.05, 0.1) is 0 Å². The summed E-state index contributed by atoms with van der Waals surface area (Å²) in [5.41, 5.74) is 0.0233. The highest BCUT2D eigenvalue weighted by atomic mass is 16.3. The van der Waals surface area contributed by atoms with Crippen LogP contribution in [0, 0.1) is 0 Å². The van der Waals surface area contributed by atoms with E-state index in [2.05, 4.69) is 4.99 Å². The Hall–Kier alpha value is -1.15. The SMILES string of the molecule is CC(C)(O)/N=C/c1ccccc1. The third-order valence-electron chi connectivity index (χ3n) is 1.33. The molecule has 1 aromatic rings. The molecule has 12 heavy (non-hydrogen) atoms. The standard InChI is InChI=1S/C10H13NO/c1-10(2,12)11-8-9-6-4-3-5-7-9/h3-8,12H,1-2H3/b11-8+. The molecule has 1 aromatic carbocycles. The number of benzene rings is 1. The molecular formula is C10H13NO. The fraction of sp³-hybridized carbons (Fsp3) is 0.300. The van der Waals surface area contributed by atoms with E-state index in [1.165, 1.54) is 0 Å². The van der Waals surface area contributed by atoms with E-state index in [1.54, 1.807) is 20.1 Å². The molecule has 1 N–H and O–H groups in total. The summed E-state index contributed by atoms with van der Waals surface area (Å²) in [6, 6.07) is 9.70. The highest BCUT2D eigenvalue weighted by Gasteiger charge is 2.06. The Labute approximate surface area is 72.6 Å². The Balaban J connectivity index is 2.71. The van der Waals surface area contributed by atoms with Crippen LogP contribution in [0.4, 0.5) is 0 Å². The molecule has 0 amide bonds. The Kier molecular flexibility index (Phi) is 2.61. The Bertz CT molecular complexity index is 259. The highest BCUT2D eigenvalue weighted by Crippen LogP contribution is 2.03. The van der Waals surface area contributed by atoms with Gasteiger partial charge in [0, 0.05) is 6.21 Å². The molecule has 2 heteroatoms. The third-order valence-corrected chi connectivity index (χ3v) is 1.33. The van der Waals surface area contributed by atoms with Gasteiger partial charge in [-0.3, -0.25) is 4.99 Å². The minimum absolute atomic E-state index is 0.976. The van der Waals surface area contributed by atoms with Crippen LogP contribution in [0.25, 0.3) is 0 Å². The lowest BCUT2D eigenvalue weighted by atomic mass is 10.2. The molecule has 0 heterocycles. The molecule has 0 atom stereocenters. The minimum atomic E-state index is -0.976. The maximum Gasteiger partial charge on any atom is 0.150 e. The summed E-state index contributed by atoms with van der Waals surface area (Å²) in [4.78, 5) is 3.96. The van der Waals surface area contributed by atoms with Gasteiger partial charge in [-0.1, -0.05) is 30.3 Å². The number of nitrogens with zero attached hydrogens (tertiary/aromatic N) is 1. The van der Waals surface area contributed by atoms with Crippen molar-refractivity contribution in [2.45, 2.75) is 19.6 Å². The molecule has 0 unspecified atom stereocenters. The zero-order chi connectivity index (χ0) is 9.03. The average molecular weight is 163 g/mol. The summed E-state index contributed by atoms with van der Waals surface area (Å²) >= 11 is 0. The molecule has 64 valence electrons. The first-order valence-electron chi connectivity index (χ1n) is 3.90. The molecule has 1 rings (SSSR count). The first kappa shape index (κ1) is 8.94. The predicted octanol–water partition coefficient (Wildman–Crippen LogP) is 1.83. The topological polar surface area (TPSA) is 32.6 Å². The van der Waals surface area contributed by atoms with Crippen molar-refractivity contribution in [1.29, 1.82) is 0 Å². The van der Waals surface area contributed by atoms with E-state index in [-0.39, 0.29) is 0 Å². The number of hydrogen-bond donors (Lipinski definition) is 1. The minimum Gasteiger partial charge on any atom is -0.370 e. The maximum atomic E-state index is 9.28. The first-order valence-corrected chi connectivity index (χ1v) is 3.90. The van der Waals surface area contributed by atoms with Crippen LogP contribution < -0.4 is 0 Å². The van der Waals surface area contributed by atoms with Crippen LogP contribution in [0.1, 0.15) is 19.4 Å². The van der Waals surface area contributed by atoms with Gasteiger partial charge in [0.25, 0.3) is 0 Å². The van der Waals surface area contributed by atoms with Crippen molar-refractivity contribution in [3.05, 3.63) is 35.9 Å². The van der Waals surface area contributed by atoms with Crippen LogP contribution in [-0.2, 0) is 0 Å². The summed E-state index contributed by atoms with van der Waals surface area (Å²) in [7, 11) is 0. The second-order valence-electron chi connectivity index (χ2n) is 3.16. The van der Waals surface area contributed by atoms with Crippen molar-refractivity contribution < 1.29 is 5.11 Å². The normalized spacial score (nSPS) is 12.2. The molecule has 0 aliphatic rings. The summed E-state index contributed by atoms with van der Waals surface area (Å²) in [6.45, 7) is 3.29. The van der Waals surface area contributed by atoms with Gasteiger partial charge in [-0.25, -0.2) is 0 Å². The lowest BCUT2D eigenvalue weighted by Crippen LogP contribution is -2.14. The zero-order valence-electron chi connectivity index (χ0n) is 7.36. The quantitative estimate of drug-likeness (QED) is 0.663. The van der Waals surface area contributed by atoms with E-state index < -0.39 is 5.72 Å². The van der Waals surface area contributed by atoms with Crippen LogP contribution in [0.2, 0.25) is 0 Å². The van der Waals surface area contributed by atoms with Crippen LogP contribution in [0.15, 0.2) is 35.3 Å². The Morgan fingerprint density at radius 3 is 2.33 bits per heavy atom. The van der Waals surface area contributed by atoms with E-state index in [9.17, 15) is 5.11 Å². The third kappa shape index (κ3) is 3.30. The van der Waals surface area contributed by atoms with Gasteiger partial charge in [0.15, 0.2) is 0 Å². The molecule has 0 saturated heterocycles. The lowest BCUT2D eigenvalue weighted by molar-refractivity contribution is 0.0915. The zero-order valence-corrected chi connectivity index (χ0v) is 7.36. The van der Waals surface area contributed by atoms with Gasteiger partial charge in [-0.2, -0.15) is 0 Å². The maximum absolute atomic E-state index is 9.28. The van der Waals surface area contributed by atoms with Crippen LogP contribution in [-0.4, -0.2) is 17.0 Å². The van der Waals surface area contributed by atoms with Crippen LogP contribution in [0.3, 0.4) is 0 Å². The van der Waals surface area contributed by atoms with Crippen LogP contribution >= 0.6 is 0 Å². The van der Waals surface area contributed by atoms with Crippen molar-refractivity contribution in [3.63, 3.8) is 0 Å². The fourth-order valence-electron chi connectivity index (χ4n) is 0.772. The molecule has 0 saturated carbocycles. The average Bonchev–Trinajstić information content (AvgIpc) is 2.02. The van der Waals surface area contributed by atoms with E-state index in [1.807, 2.05) is 30.3 Å². The van der Waals surface area contributed by atoms with Gasteiger partial charge in [-0.05, 0) is 19.4 Å². The van der Waals surface area contributed by atoms with Gasteiger partial charge in [0.1, 0.15) is 5.72 Å². The molecule has 0 bridgehead atoms. The summed E-state index contributed by atoms with van der Waals surface area (Å²) in [6.07, 6.45) is 1.67. The Morgan fingerprint density at radius 1 is 1.25 bits per heavy atom. The van der Waals surface area contributed by atoms with Gasteiger partial charge in [-0.15, -0.1) is 0 Å². The number of aliphatic imine (C=N–C) groups is 1. The second kappa shape index (κ2) is 3.50. The lowest BCUT2D eigenvalue weighted by Gasteiger charge is -2.09. The van der Waals surface area contributed by atoms with Crippen LogP contribution in [0.5, 0.6) is 0 Å². The van der Waals surface area contributed by atoms with Crippen molar-refractivity contribution in [3.8, 4) is 0 Å². The summed E-state index contributed by atoms with van der Waals surface area (Å²) in [5, 5.41) is 9.28. The van der Waals surface area contributed by atoms with Crippen molar-refractivity contribution in [2.24, 2.45) is 4.99 Å². The highest BCUT2D eigenvalue weighted by molar-refractivity contribution is 5.79. The predicted molar refractivity (Wildman–Crippen MR) is 50.3 cm³/mol. The second-order valence-corrected chi connectivity index (χ2v) is 3.16. The number of hydrogen-bond acceptors (Lipinski definition) is 2. The van der Waals surface area contributed by atoms with E-state index in [4.69, 9.17) is 0 Å². The van der Waals surface area contributed by atoms with Crippen molar-refractivity contribution in [1.82, 2.24) is 0 Å². The summed E-state index contributed by atoms with van der Waals surface area (Å²) in [5.74, 6) is 0. The summed E-state index contributed by atoms with van der Waals surface area (Å²) < 4.78 is 0. The molecule has 0 aromatic heterocycles. The first-order chi connectivity index (χ1) is 5.58. The molecule has 2 nitrogen and oxygen atoms in total. The molecule has 0 aliphatic carbocycles. The van der Waals surface area contributed by atoms with E-state index >= 15 is 0 Å². The number of rotatable bonds is 2. The molecule has 0 radical (unpaired) electrons. The molecular weight excluding hydrogens is 150 g/mol. The molecule has 0 fully saturated rings. The fourth-order valence-corrected chi connectivity index (χ4v) is 0.772. The van der Waals surface area contributed by atoms with E-state index in [0.29, 0.717) is 0 Å². The van der Waals surface area contributed by atoms with Gasteiger partial charge in [0.2, 0.25) is 0 Å².